The number of amides is 1. The number of rotatable bonds is 3. The molecule has 1 amide bonds. The Morgan fingerprint density at radius 1 is 1.36 bits per heavy atom. The van der Waals surface area contributed by atoms with Gasteiger partial charge in [0.05, 0.1) is 6.10 Å². The number of carbonyl (C=O) groups excluding carboxylic acids is 1. The van der Waals surface area contributed by atoms with Crippen LogP contribution in [0.5, 0.6) is 5.75 Å². The summed E-state index contributed by atoms with van der Waals surface area (Å²) in [6.45, 7) is 1.98. The first kappa shape index (κ1) is 15.3. The maximum absolute atomic E-state index is 11.7. The van der Waals surface area contributed by atoms with Crippen LogP contribution in [0.4, 0.5) is 5.69 Å². The number of hydrogen-bond acceptors (Lipinski definition) is 3. The SMILES string of the molecule is CCCC(=O)Nc1ccc2c(c1)C(O)CC1(CCCCC1)O2. The van der Waals surface area contributed by atoms with Crippen LogP contribution in [0.15, 0.2) is 18.2 Å². The quantitative estimate of drug-likeness (QED) is 0.889. The van der Waals surface area contributed by atoms with E-state index in [0.29, 0.717) is 12.8 Å². The van der Waals surface area contributed by atoms with Gasteiger partial charge in [0.15, 0.2) is 0 Å². The van der Waals surface area contributed by atoms with Crippen molar-refractivity contribution in [3.63, 3.8) is 0 Å². The van der Waals surface area contributed by atoms with Crippen LogP contribution in [0.25, 0.3) is 0 Å². The Morgan fingerprint density at radius 3 is 2.86 bits per heavy atom. The normalized spacial score (nSPS) is 22.7. The van der Waals surface area contributed by atoms with Crippen LogP contribution < -0.4 is 10.1 Å². The molecule has 0 aromatic heterocycles. The van der Waals surface area contributed by atoms with Crippen LogP contribution >= 0.6 is 0 Å². The minimum atomic E-state index is -0.509. The summed E-state index contributed by atoms with van der Waals surface area (Å²) in [5.41, 5.74) is 1.35. The molecule has 0 saturated heterocycles. The number of anilines is 1. The van der Waals surface area contributed by atoms with Gasteiger partial charge in [-0.05, 0) is 50.3 Å². The van der Waals surface area contributed by atoms with Crippen molar-refractivity contribution in [3.8, 4) is 5.75 Å². The van der Waals surface area contributed by atoms with Gasteiger partial charge < -0.3 is 15.2 Å². The topological polar surface area (TPSA) is 58.6 Å². The lowest BCUT2D eigenvalue weighted by atomic mass is 9.78. The Morgan fingerprint density at radius 2 is 2.14 bits per heavy atom. The maximum Gasteiger partial charge on any atom is 0.224 e. The second kappa shape index (κ2) is 6.29. The van der Waals surface area contributed by atoms with Crippen molar-refractivity contribution in [1.82, 2.24) is 0 Å². The van der Waals surface area contributed by atoms with Crippen molar-refractivity contribution in [1.29, 1.82) is 0 Å². The van der Waals surface area contributed by atoms with E-state index in [9.17, 15) is 9.90 Å². The Kier molecular flexibility index (Phi) is 4.39. The predicted molar refractivity (Wildman–Crippen MR) is 86.0 cm³/mol. The molecular weight excluding hydrogens is 278 g/mol. The van der Waals surface area contributed by atoms with E-state index in [4.69, 9.17) is 4.74 Å². The zero-order valence-corrected chi connectivity index (χ0v) is 13.2. The zero-order valence-electron chi connectivity index (χ0n) is 13.2. The zero-order chi connectivity index (χ0) is 15.6. The number of hydrogen-bond donors (Lipinski definition) is 2. The van der Waals surface area contributed by atoms with Crippen LogP contribution in [0, 0.1) is 0 Å². The van der Waals surface area contributed by atoms with Gasteiger partial charge in [-0.15, -0.1) is 0 Å². The fraction of sp³-hybridized carbons (Fsp3) is 0.611. The third-order valence-corrected chi connectivity index (χ3v) is 4.79. The highest BCUT2D eigenvalue weighted by Crippen LogP contribution is 2.46. The van der Waals surface area contributed by atoms with E-state index >= 15 is 0 Å². The molecule has 1 fully saturated rings. The van der Waals surface area contributed by atoms with Crippen molar-refractivity contribution >= 4 is 11.6 Å². The van der Waals surface area contributed by atoms with E-state index in [1.165, 1.54) is 19.3 Å². The van der Waals surface area contributed by atoms with E-state index < -0.39 is 6.10 Å². The number of aliphatic hydroxyl groups excluding tert-OH is 1. The average molecular weight is 303 g/mol. The summed E-state index contributed by atoms with van der Waals surface area (Å²) in [6.07, 6.45) is 7.15. The molecule has 2 aliphatic rings. The third kappa shape index (κ3) is 3.12. The fourth-order valence-corrected chi connectivity index (χ4v) is 3.67. The first-order valence-corrected chi connectivity index (χ1v) is 8.43. The summed E-state index contributed by atoms with van der Waals surface area (Å²) in [5.74, 6) is 0.784. The Bertz CT molecular complexity index is 549. The fourth-order valence-electron chi connectivity index (χ4n) is 3.67. The van der Waals surface area contributed by atoms with Gasteiger partial charge in [0, 0.05) is 24.1 Å². The molecule has 0 bridgehead atoms. The molecule has 4 heteroatoms. The minimum Gasteiger partial charge on any atom is -0.487 e. The van der Waals surface area contributed by atoms with Crippen molar-refractivity contribution in [2.75, 3.05) is 5.32 Å². The molecule has 120 valence electrons. The lowest BCUT2D eigenvalue weighted by molar-refractivity contribution is -0.116. The van der Waals surface area contributed by atoms with Gasteiger partial charge in [0.2, 0.25) is 5.91 Å². The number of aliphatic hydroxyl groups is 1. The lowest BCUT2D eigenvalue weighted by Gasteiger charge is -2.43. The van der Waals surface area contributed by atoms with E-state index in [1.807, 2.05) is 25.1 Å². The van der Waals surface area contributed by atoms with Crippen LogP contribution in [0.2, 0.25) is 0 Å². The van der Waals surface area contributed by atoms with Gasteiger partial charge >= 0.3 is 0 Å². The smallest absolute Gasteiger partial charge is 0.224 e. The van der Waals surface area contributed by atoms with Crippen molar-refractivity contribution < 1.29 is 14.6 Å². The molecule has 1 saturated carbocycles. The Hall–Kier alpha value is -1.55. The van der Waals surface area contributed by atoms with Gasteiger partial charge in [-0.1, -0.05) is 13.3 Å². The molecule has 1 aromatic carbocycles. The number of nitrogens with one attached hydrogen (secondary N) is 1. The Labute approximate surface area is 131 Å². The first-order valence-electron chi connectivity index (χ1n) is 8.43. The first-order chi connectivity index (χ1) is 10.6. The standard InChI is InChI=1S/C18H25NO3/c1-2-6-17(21)19-13-7-8-16-14(11-13)15(20)12-18(22-16)9-4-3-5-10-18/h7-8,11,15,20H,2-6,9-10,12H2,1H3,(H,19,21). The average Bonchev–Trinajstić information content (AvgIpc) is 2.49. The molecule has 1 unspecified atom stereocenters. The van der Waals surface area contributed by atoms with Crippen molar-refractivity contribution in [2.45, 2.75) is 70.0 Å². The van der Waals surface area contributed by atoms with E-state index in [2.05, 4.69) is 5.32 Å². The van der Waals surface area contributed by atoms with E-state index in [-0.39, 0.29) is 11.5 Å². The molecule has 2 N–H and O–H groups in total. The van der Waals surface area contributed by atoms with Crippen LogP contribution in [0.3, 0.4) is 0 Å². The lowest BCUT2D eigenvalue weighted by Crippen LogP contribution is -2.42. The number of fused-ring (bicyclic) bond motifs is 1. The second-order valence-corrected chi connectivity index (χ2v) is 6.62. The number of carbonyl (C=O) groups is 1. The van der Waals surface area contributed by atoms with Crippen LogP contribution in [0.1, 0.15) is 70.0 Å². The van der Waals surface area contributed by atoms with Crippen LogP contribution in [-0.2, 0) is 4.79 Å². The van der Waals surface area contributed by atoms with Gasteiger partial charge in [-0.25, -0.2) is 0 Å². The van der Waals surface area contributed by atoms with Crippen molar-refractivity contribution in [2.24, 2.45) is 0 Å². The van der Waals surface area contributed by atoms with Crippen molar-refractivity contribution in [3.05, 3.63) is 23.8 Å². The van der Waals surface area contributed by atoms with E-state index in [1.54, 1.807) is 0 Å². The maximum atomic E-state index is 11.7. The largest absolute Gasteiger partial charge is 0.487 e. The molecule has 0 radical (unpaired) electrons. The highest BCUT2D eigenvalue weighted by atomic mass is 16.5. The van der Waals surface area contributed by atoms with Crippen LogP contribution in [-0.4, -0.2) is 16.6 Å². The summed E-state index contributed by atoms with van der Waals surface area (Å²) in [6, 6.07) is 5.60. The highest BCUT2D eigenvalue weighted by Gasteiger charge is 2.41. The Balaban J connectivity index is 1.79. The van der Waals surface area contributed by atoms with Gasteiger partial charge in [-0.3, -0.25) is 4.79 Å². The molecule has 1 aliphatic heterocycles. The summed E-state index contributed by atoms with van der Waals surface area (Å²) in [4.78, 5) is 11.7. The predicted octanol–water partition coefficient (Wildman–Crippen LogP) is 3.94. The molecule has 1 atom stereocenters. The molecule has 1 heterocycles. The molecule has 1 aliphatic carbocycles. The summed E-state index contributed by atoms with van der Waals surface area (Å²) < 4.78 is 6.27. The minimum absolute atomic E-state index is 0.0115. The molecule has 4 nitrogen and oxygen atoms in total. The summed E-state index contributed by atoms with van der Waals surface area (Å²) in [7, 11) is 0. The van der Waals surface area contributed by atoms with Gasteiger partial charge in [0.25, 0.3) is 0 Å². The van der Waals surface area contributed by atoms with Gasteiger partial charge in [0.1, 0.15) is 11.4 Å². The molecule has 22 heavy (non-hydrogen) atoms. The number of benzene rings is 1. The molecular formula is C18H25NO3. The molecule has 3 rings (SSSR count). The summed E-state index contributed by atoms with van der Waals surface area (Å²) >= 11 is 0. The van der Waals surface area contributed by atoms with E-state index in [0.717, 1.165) is 36.3 Å². The monoisotopic (exact) mass is 303 g/mol. The summed E-state index contributed by atoms with van der Waals surface area (Å²) in [5, 5.41) is 13.4. The molecule has 1 aromatic rings. The second-order valence-electron chi connectivity index (χ2n) is 6.62. The molecule has 1 spiro atoms. The van der Waals surface area contributed by atoms with Gasteiger partial charge in [-0.2, -0.15) is 0 Å². The third-order valence-electron chi connectivity index (χ3n) is 4.79. The number of ether oxygens (including phenoxy) is 1. The highest BCUT2D eigenvalue weighted by molar-refractivity contribution is 5.90.